The van der Waals surface area contributed by atoms with E-state index in [0.717, 1.165) is 11.3 Å². The molecule has 0 amide bonds. The van der Waals surface area contributed by atoms with Crippen LogP contribution >= 0.6 is 0 Å². The minimum absolute atomic E-state index is 0.323. The fourth-order valence-corrected chi connectivity index (χ4v) is 1.50. The van der Waals surface area contributed by atoms with Gasteiger partial charge in [0.25, 0.3) is 0 Å². The quantitative estimate of drug-likeness (QED) is 0.795. The van der Waals surface area contributed by atoms with Gasteiger partial charge in [-0.05, 0) is 31.0 Å². The largest absolute Gasteiger partial charge is 0.491 e. The number of aliphatic hydroxyl groups excluding tert-OH is 1. The minimum Gasteiger partial charge on any atom is -0.491 e. The van der Waals surface area contributed by atoms with E-state index in [4.69, 9.17) is 4.74 Å². The van der Waals surface area contributed by atoms with Gasteiger partial charge in [0.05, 0.1) is 0 Å². The molecule has 0 aliphatic carbocycles. The third-order valence-corrected chi connectivity index (χ3v) is 2.75. The molecule has 1 aromatic rings. The molecule has 0 aliphatic heterocycles. The summed E-state index contributed by atoms with van der Waals surface area (Å²) in [5.74, 6) is 0.855. The maximum Gasteiger partial charge on any atom is 0.122 e. The maximum atomic E-state index is 9.73. The zero-order chi connectivity index (χ0) is 12.8. The highest BCUT2D eigenvalue weighted by atomic mass is 16.5. The molecule has 0 saturated heterocycles. The van der Waals surface area contributed by atoms with Crippen molar-refractivity contribution >= 4 is 0 Å². The first-order valence-corrected chi connectivity index (χ1v) is 6.11. The molecule has 3 nitrogen and oxygen atoms in total. The Morgan fingerprint density at radius 3 is 2.65 bits per heavy atom. The first kappa shape index (κ1) is 14.0. The van der Waals surface area contributed by atoms with Crippen LogP contribution in [0.3, 0.4) is 0 Å². The van der Waals surface area contributed by atoms with Gasteiger partial charge in [-0.3, -0.25) is 0 Å². The zero-order valence-corrected chi connectivity index (χ0v) is 11.2. The van der Waals surface area contributed by atoms with Gasteiger partial charge < -0.3 is 15.2 Å². The van der Waals surface area contributed by atoms with Crippen molar-refractivity contribution in [2.75, 3.05) is 13.2 Å². The van der Waals surface area contributed by atoms with E-state index in [-0.39, 0.29) is 0 Å². The van der Waals surface area contributed by atoms with Crippen LogP contribution in [0.2, 0.25) is 0 Å². The molecule has 0 bridgehead atoms. The second-order valence-electron chi connectivity index (χ2n) is 4.73. The molecule has 0 radical (unpaired) electrons. The summed E-state index contributed by atoms with van der Waals surface area (Å²) in [5.41, 5.74) is 2.34. The van der Waals surface area contributed by atoms with Crippen LogP contribution < -0.4 is 10.1 Å². The lowest BCUT2D eigenvalue weighted by Crippen LogP contribution is -2.35. The van der Waals surface area contributed by atoms with Gasteiger partial charge >= 0.3 is 0 Å². The minimum atomic E-state index is -0.475. The Kier molecular flexibility index (Phi) is 5.45. The van der Waals surface area contributed by atoms with Crippen LogP contribution in [-0.2, 0) is 0 Å². The highest BCUT2D eigenvalue weighted by Gasteiger charge is 2.07. The normalized spacial score (nSPS) is 12.8. The van der Waals surface area contributed by atoms with Crippen molar-refractivity contribution in [1.82, 2.24) is 5.32 Å². The molecule has 0 saturated carbocycles. The Morgan fingerprint density at radius 2 is 2.00 bits per heavy atom. The number of aryl methyl sites for hydroxylation is 1. The highest BCUT2D eigenvalue weighted by molar-refractivity contribution is 5.38. The molecular formula is C14H23NO2. The van der Waals surface area contributed by atoms with Gasteiger partial charge in [0.15, 0.2) is 0 Å². The Bertz CT molecular complexity index is 350. The van der Waals surface area contributed by atoms with E-state index < -0.39 is 6.10 Å². The van der Waals surface area contributed by atoms with Gasteiger partial charge in [0.1, 0.15) is 18.5 Å². The summed E-state index contributed by atoms with van der Waals surface area (Å²) in [7, 11) is 0. The molecule has 0 aliphatic rings. The van der Waals surface area contributed by atoms with Gasteiger partial charge in [-0.15, -0.1) is 0 Å². The third-order valence-electron chi connectivity index (χ3n) is 2.75. The molecule has 3 heteroatoms. The number of ether oxygens (including phenoxy) is 1. The summed E-state index contributed by atoms with van der Waals surface area (Å²) in [6.07, 6.45) is -0.475. The number of hydrogen-bond donors (Lipinski definition) is 2. The SMILES string of the molecule is Cc1cccc(OCC(O)CNC(C)C)c1C. The number of rotatable bonds is 6. The van der Waals surface area contributed by atoms with Crippen LogP contribution in [0.5, 0.6) is 5.75 Å². The molecule has 0 heterocycles. The maximum absolute atomic E-state index is 9.73. The second-order valence-corrected chi connectivity index (χ2v) is 4.73. The summed E-state index contributed by atoms with van der Waals surface area (Å²) in [4.78, 5) is 0. The Labute approximate surface area is 104 Å². The second kappa shape index (κ2) is 6.62. The average molecular weight is 237 g/mol. The molecule has 0 fully saturated rings. The van der Waals surface area contributed by atoms with Crippen LogP contribution in [0.1, 0.15) is 25.0 Å². The van der Waals surface area contributed by atoms with Gasteiger partial charge in [-0.25, -0.2) is 0 Å². The van der Waals surface area contributed by atoms with Crippen molar-refractivity contribution in [3.05, 3.63) is 29.3 Å². The van der Waals surface area contributed by atoms with E-state index >= 15 is 0 Å². The number of benzene rings is 1. The van der Waals surface area contributed by atoms with Crippen molar-refractivity contribution in [2.45, 2.75) is 39.8 Å². The smallest absolute Gasteiger partial charge is 0.122 e. The van der Waals surface area contributed by atoms with E-state index in [1.807, 2.05) is 19.1 Å². The monoisotopic (exact) mass is 237 g/mol. The van der Waals surface area contributed by atoms with E-state index in [2.05, 4.69) is 32.2 Å². The fraction of sp³-hybridized carbons (Fsp3) is 0.571. The Morgan fingerprint density at radius 1 is 1.29 bits per heavy atom. The average Bonchev–Trinajstić information content (AvgIpc) is 2.28. The molecule has 0 spiro atoms. The van der Waals surface area contributed by atoms with Crippen LogP contribution in [0.15, 0.2) is 18.2 Å². The summed E-state index contributed by atoms with van der Waals surface area (Å²) >= 11 is 0. The molecule has 2 N–H and O–H groups in total. The topological polar surface area (TPSA) is 41.5 Å². The third kappa shape index (κ3) is 4.75. The fourth-order valence-electron chi connectivity index (χ4n) is 1.50. The van der Waals surface area contributed by atoms with Crippen molar-refractivity contribution in [1.29, 1.82) is 0 Å². The lowest BCUT2D eigenvalue weighted by atomic mass is 10.1. The first-order chi connectivity index (χ1) is 8.00. The van der Waals surface area contributed by atoms with Crippen molar-refractivity contribution in [2.24, 2.45) is 0 Å². The zero-order valence-electron chi connectivity index (χ0n) is 11.2. The van der Waals surface area contributed by atoms with Crippen LogP contribution in [0.4, 0.5) is 0 Å². The molecule has 96 valence electrons. The summed E-state index contributed by atoms with van der Waals surface area (Å²) in [5, 5.41) is 12.9. The van der Waals surface area contributed by atoms with Crippen molar-refractivity contribution < 1.29 is 9.84 Å². The van der Waals surface area contributed by atoms with Crippen LogP contribution in [-0.4, -0.2) is 30.4 Å². The first-order valence-electron chi connectivity index (χ1n) is 6.11. The van der Waals surface area contributed by atoms with Gasteiger partial charge in [0.2, 0.25) is 0 Å². The van der Waals surface area contributed by atoms with Crippen molar-refractivity contribution in [3.8, 4) is 5.75 Å². The molecule has 1 unspecified atom stereocenters. The standard InChI is InChI=1S/C14H23NO2/c1-10(2)15-8-13(16)9-17-14-7-5-6-11(3)12(14)4/h5-7,10,13,15-16H,8-9H2,1-4H3. The predicted molar refractivity (Wildman–Crippen MR) is 70.6 cm³/mol. The van der Waals surface area contributed by atoms with Gasteiger partial charge in [0, 0.05) is 12.6 Å². The molecule has 1 atom stereocenters. The van der Waals surface area contributed by atoms with Crippen LogP contribution in [0.25, 0.3) is 0 Å². The predicted octanol–water partition coefficient (Wildman–Crippen LogP) is 2.04. The summed E-state index contributed by atoms with van der Waals surface area (Å²) < 4.78 is 5.62. The van der Waals surface area contributed by atoms with Crippen molar-refractivity contribution in [3.63, 3.8) is 0 Å². The lowest BCUT2D eigenvalue weighted by molar-refractivity contribution is 0.104. The Balaban J connectivity index is 2.42. The molecule has 1 aromatic carbocycles. The summed E-state index contributed by atoms with van der Waals surface area (Å²) in [6, 6.07) is 6.34. The number of aliphatic hydroxyl groups is 1. The van der Waals surface area contributed by atoms with Crippen LogP contribution in [0, 0.1) is 13.8 Å². The van der Waals surface area contributed by atoms with E-state index in [1.54, 1.807) is 0 Å². The Hall–Kier alpha value is -1.06. The molecule has 17 heavy (non-hydrogen) atoms. The lowest BCUT2D eigenvalue weighted by Gasteiger charge is -2.16. The number of hydrogen-bond acceptors (Lipinski definition) is 3. The van der Waals surface area contributed by atoms with E-state index in [9.17, 15) is 5.11 Å². The van der Waals surface area contributed by atoms with E-state index in [1.165, 1.54) is 5.56 Å². The number of nitrogens with one attached hydrogen (secondary N) is 1. The van der Waals surface area contributed by atoms with Gasteiger partial charge in [-0.2, -0.15) is 0 Å². The highest BCUT2D eigenvalue weighted by Crippen LogP contribution is 2.20. The van der Waals surface area contributed by atoms with Gasteiger partial charge in [-0.1, -0.05) is 26.0 Å². The van der Waals surface area contributed by atoms with E-state index in [0.29, 0.717) is 19.2 Å². The molecular weight excluding hydrogens is 214 g/mol. The molecule has 1 rings (SSSR count). The summed E-state index contributed by atoms with van der Waals surface area (Å²) in [6.45, 7) is 9.07. The molecule has 0 aromatic heterocycles.